The normalized spacial score (nSPS) is 10.5. The van der Waals surface area contributed by atoms with E-state index in [-0.39, 0.29) is 0 Å². The lowest BCUT2D eigenvalue weighted by Gasteiger charge is -2.11. The highest BCUT2D eigenvalue weighted by Gasteiger charge is 2.09. The lowest BCUT2D eigenvalue weighted by atomic mass is 10.2. The van der Waals surface area contributed by atoms with Crippen molar-refractivity contribution in [3.63, 3.8) is 0 Å². The molecule has 0 aliphatic rings. The minimum atomic E-state index is 0.313. The first-order valence-corrected chi connectivity index (χ1v) is 7.42. The molecule has 0 unspecified atom stereocenters. The minimum Gasteiger partial charge on any atom is -0.490 e. The van der Waals surface area contributed by atoms with Gasteiger partial charge in [-0.3, -0.25) is 0 Å². The number of hydrogen-bond acceptors (Lipinski definition) is 3. The average molecular weight is 347 g/mol. The van der Waals surface area contributed by atoms with Crippen LogP contribution in [0.15, 0.2) is 36.4 Å². The van der Waals surface area contributed by atoms with Gasteiger partial charge in [-0.2, -0.15) is 0 Å². The molecule has 0 heterocycles. The summed E-state index contributed by atoms with van der Waals surface area (Å²) in [6, 6.07) is 10.7. The Kier molecular flexibility index (Phi) is 6.00. The largest absolute Gasteiger partial charge is 0.490 e. The van der Waals surface area contributed by atoms with Crippen molar-refractivity contribution in [3.8, 4) is 11.5 Å². The van der Waals surface area contributed by atoms with E-state index < -0.39 is 0 Å². The fourth-order valence-corrected chi connectivity index (χ4v) is 2.66. The summed E-state index contributed by atoms with van der Waals surface area (Å²) in [6.45, 7) is 1.15. The van der Waals surface area contributed by atoms with Gasteiger partial charge in [0.1, 0.15) is 19.0 Å². The first-order chi connectivity index (χ1) is 10.1. The molecule has 0 radical (unpaired) electrons. The minimum absolute atomic E-state index is 0.313. The van der Waals surface area contributed by atoms with Crippen LogP contribution in [0, 0.1) is 0 Å². The molecule has 0 bridgehead atoms. The Labute approximate surface area is 138 Å². The molecule has 3 nitrogen and oxygen atoms in total. The van der Waals surface area contributed by atoms with Crippen LogP contribution in [0.2, 0.25) is 15.1 Å². The highest BCUT2D eigenvalue weighted by molar-refractivity contribution is 6.40. The van der Waals surface area contributed by atoms with E-state index in [9.17, 15) is 0 Å². The molecular formula is C15H14Cl3NO2. The highest BCUT2D eigenvalue weighted by atomic mass is 35.5. The number of ether oxygens (including phenoxy) is 2. The summed E-state index contributed by atoms with van der Waals surface area (Å²) in [7, 11) is 0. The second kappa shape index (κ2) is 7.76. The first kappa shape index (κ1) is 16.2. The predicted octanol–water partition coefficient (Wildman–Crippen LogP) is 4.56. The molecule has 0 atom stereocenters. The molecule has 0 aromatic heterocycles. The molecule has 112 valence electrons. The predicted molar refractivity (Wildman–Crippen MR) is 86.8 cm³/mol. The van der Waals surface area contributed by atoms with Crippen LogP contribution >= 0.6 is 34.8 Å². The van der Waals surface area contributed by atoms with Crippen LogP contribution < -0.4 is 15.2 Å². The van der Waals surface area contributed by atoms with Gasteiger partial charge in [0.2, 0.25) is 0 Å². The Morgan fingerprint density at radius 2 is 1.57 bits per heavy atom. The Hall–Kier alpha value is -1.13. The molecule has 0 saturated carbocycles. The van der Waals surface area contributed by atoms with E-state index in [1.54, 1.807) is 12.1 Å². The smallest absolute Gasteiger partial charge is 0.156 e. The maximum Gasteiger partial charge on any atom is 0.156 e. The summed E-state index contributed by atoms with van der Waals surface area (Å²) in [5, 5.41) is 1.21. The molecule has 6 heteroatoms. The third kappa shape index (κ3) is 4.68. The van der Waals surface area contributed by atoms with E-state index in [2.05, 4.69) is 0 Å². The van der Waals surface area contributed by atoms with Gasteiger partial charge in [0.15, 0.2) is 5.75 Å². The number of nitrogens with two attached hydrogens (primary N) is 1. The van der Waals surface area contributed by atoms with Crippen molar-refractivity contribution in [2.75, 3.05) is 13.2 Å². The fraction of sp³-hybridized carbons (Fsp3) is 0.200. The molecular weight excluding hydrogens is 333 g/mol. The van der Waals surface area contributed by atoms with Crippen molar-refractivity contribution >= 4 is 34.8 Å². The molecule has 0 aliphatic carbocycles. The summed E-state index contributed by atoms with van der Waals surface area (Å²) in [6.07, 6.45) is 0. The SMILES string of the molecule is NCc1cccc(OCCOc2c(Cl)cc(Cl)cc2Cl)c1. The van der Waals surface area contributed by atoms with Crippen LogP contribution in [0.1, 0.15) is 5.56 Å². The number of rotatable bonds is 6. The van der Waals surface area contributed by atoms with Crippen LogP contribution in [0.4, 0.5) is 0 Å². The zero-order valence-electron chi connectivity index (χ0n) is 11.1. The van der Waals surface area contributed by atoms with E-state index in [4.69, 9.17) is 50.0 Å². The van der Waals surface area contributed by atoms with Gasteiger partial charge in [-0.1, -0.05) is 46.9 Å². The molecule has 2 aromatic rings. The lowest BCUT2D eigenvalue weighted by molar-refractivity contribution is 0.217. The molecule has 2 aromatic carbocycles. The molecule has 0 saturated heterocycles. The Balaban J connectivity index is 1.87. The molecule has 0 amide bonds. The van der Waals surface area contributed by atoms with E-state index in [1.807, 2.05) is 24.3 Å². The summed E-state index contributed by atoms with van der Waals surface area (Å²) in [5.41, 5.74) is 6.59. The molecule has 0 fully saturated rings. The topological polar surface area (TPSA) is 44.5 Å². The molecule has 21 heavy (non-hydrogen) atoms. The fourth-order valence-electron chi connectivity index (χ4n) is 1.73. The zero-order chi connectivity index (χ0) is 15.2. The van der Waals surface area contributed by atoms with Gasteiger partial charge in [-0.15, -0.1) is 0 Å². The standard InChI is InChI=1S/C15H14Cl3NO2/c16-11-7-13(17)15(14(18)8-11)21-5-4-20-12-3-1-2-10(6-12)9-19/h1-3,6-8H,4-5,9,19H2. The van der Waals surface area contributed by atoms with Crippen LogP contribution in [0.5, 0.6) is 11.5 Å². The second-order valence-corrected chi connectivity index (χ2v) is 5.50. The Bertz CT molecular complexity index is 597. The molecule has 2 N–H and O–H groups in total. The van der Waals surface area contributed by atoms with Gasteiger partial charge in [-0.05, 0) is 29.8 Å². The quantitative estimate of drug-likeness (QED) is 0.780. The van der Waals surface area contributed by atoms with Crippen molar-refractivity contribution in [2.24, 2.45) is 5.73 Å². The maximum atomic E-state index is 6.02. The zero-order valence-corrected chi connectivity index (χ0v) is 13.4. The van der Waals surface area contributed by atoms with Crippen LogP contribution in [-0.2, 0) is 6.54 Å². The average Bonchev–Trinajstić information content (AvgIpc) is 2.45. The van der Waals surface area contributed by atoms with Crippen molar-refractivity contribution < 1.29 is 9.47 Å². The van der Waals surface area contributed by atoms with Gasteiger partial charge in [0.05, 0.1) is 10.0 Å². The summed E-state index contributed by atoms with van der Waals surface area (Å²) < 4.78 is 11.1. The van der Waals surface area contributed by atoms with Gasteiger partial charge >= 0.3 is 0 Å². The second-order valence-electron chi connectivity index (χ2n) is 4.25. The lowest BCUT2D eigenvalue weighted by Crippen LogP contribution is -2.09. The first-order valence-electron chi connectivity index (χ1n) is 6.29. The number of halogens is 3. The molecule has 0 spiro atoms. The molecule has 0 aliphatic heterocycles. The summed E-state index contributed by atoms with van der Waals surface area (Å²) in [4.78, 5) is 0. The van der Waals surface area contributed by atoms with Crippen LogP contribution in [0.25, 0.3) is 0 Å². The van der Waals surface area contributed by atoms with Crippen LogP contribution in [-0.4, -0.2) is 13.2 Å². The monoisotopic (exact) mass is 345 g/mol. The number of hydrogen-bond donors (Lipinski definition) is 1. The summed E-state index contributed by atoms with van der Waals surface area (Å²) in [5.74, 6) is 1.15. The van der Waals surface area contributed by atoms with Crippen molar-refractivity contribution in [1.82, 2.24) is 0 Å². The third-order valence-electron chi connectivity index (χ3n) is 2.70. The Morgan fingerprint density at radius 1 is 0.905 bits per heavy atom. The molecule has 2 rings (SSSR count). The van der Waals surface area contributed by atoms with Gasteiger partial charge < -0.3 is 15.2 Å². The Morgan fingerprint density at radius 3 is 2.24 bits per heavy atom. The maximum absolute atomic E-state index is 6.02. The van der Waals surface area contributed by atoms with E-state index in [0.717, 1.165) is 11.3 Å². The summed E-state index contributed by atoms with van der Waals surface area (Å²) >= 11 is 17.9. The van der Waals surface area contributed by atoms with Gasteiger partial charge in [0, 0.05) is 11.6 Å². The van der Waals surface area contributed by atoms with Crippen molar-refractivity contribution in [1.29, 1.82) is 0 Å². The van der Waals surface area contributed by atoms with E-state index in [0.29, 0.717) is 40.6 Å². The van der Waals surface area contributed by atoms with E-state index >= 15 is 0 Å². The number of benzene rings is 2. The third-order valence-corrected chi connectivity index (χ3v) is 3.48. The van der Waals surface area contributed by atoms with Gasteiger partial charge in [-0.25, -0.2) is 0 Å². The van der Waals surface area contributed by atoms with E-state index in [1.165, 1.54) is 0 Å². The van der Waals surface area contributed by atoms with Crippen LogP contribution in [0.3, 0.4) is 0 Å². The highest BCUT2D eigenvalue weighted by Crippen LogP contribution is 2.35. The van der Waals surface area contributed by atoms with Gasteiger partial charge in [0.25, 0.3) is 0 Å². The van der Waals surface area contributed by atoms with Crippen molar-refractivity contribution in [2.45, 2.75) is 6.54 Å². The van der Waals surface area contributed by atoms with Crippen molar-refractivity contribution in [3.05, 3.63) is 57.0 Å².